The van der Waals surface area contributed by atoms with E-state index in [1.165, 1.54) is 24.3 Å². The Hall–Kier alpha value is -4.89. The van der Waals surface area contributed by atoms with Gasteiger partial charge in [-0.05, 0) is 97.1 Å². The zero-order valence-electron chi connectivity index (χ0n) is 26.7. The lowest BCUT2D eigenvalue weighted by Crippen LogP contribution is -2.16. The third-order valence-corrected chi connectivity index (χ3v) is 11.9. The molecule has 0 aromatic heterocycles. The van der Waals surface area contributed by atoms with Crippen LogP contribution in [0.25, 0.3) is 0 Å². The summed E-state index contributed by atoms with van der Waals surface area (Å²) in [7, 11) is -11.6. The van der Waals surface area contributed by atoms with Gasteiger partial charge in [0.25, 0.3) is 0 Å². The Kier molecular flexibility index (Phi) is 11.0. The molecule has 5 aromatic carbocycles. The summed E-state index contributed by atoms with van der Waals surface area (Å²) < 4.78 is 221. The maximum atomic E-state index is 13.3. The Morgan fingerprint density at radius 3 is 0.927 bits per heavy atom. The monoisotopic (exact) mass is 847 g/mol. The highest BCUT2D eigenvalue weighted by molar-refractivity contribution is 7.97. The summed E-state index contributed by atoms with van der Waals surface area (Å²) >= 11 is 0. The third kappa shape index (κ3) is 9.87. The van der Waals surface area contributed by atoms with Crippen molar-refractivity contribution in [1.82, 2.24) is 0 Å². The molecule has 0 amide bonds. The largest absolute Gasteiger partial charge is 0.416 e. The predicted molar refractivity (Wildman–Crippen MR) is 170 cm³/mol. The van der Waals surface area contributed by atoms with E-state index >= 15 is 0 Å². The van der Waals surface area contributed by atoms with Crippen molar-refractivity contribution in [2.75, 3.05) is 0 Å². The summed E-state index contributed by atoms with van der Waals surface area (Å²) in [5.41, 5.74) is -7.53. The Labute approximate surface area is 306 Å². The molecule has 292 valence electrons. The highest BCUT2D eigenvalue weighted by atomic mass is 32.2. The van der Waals surface area contributed by atoms with E-state index in [0.717, 1.165) is 24.3 Å². The molecule has 0 unspecified atom stereocenters. The SMILES string of the molecule is O=S(=O)(Oc1ccc([S+](c2ccccc2)c2ccc(OS(=O)(=O)c3cc(C(F)(F)F)cc(C(F)(F)F)c3)cc2)cc1)c1cc(C(F)(F)F)cc(C(F)(F)F)c1. The number of hydrogen-bond donors (Lipinski definition) is 0. The molecule has 0 saturated heterocycles. The minimum Gasteiger partial charge on any atom is -0.379 e. The van der Waals surface area contributed by atoms with Crippen LogP contribution in [0, 0.1) is 0 Å². The van der Waals surface area contributed by atoms with Crippen LogP contribution in [0.15, 0.2) is 140 Å². The van der Waals surface area contributed by atoms with Gasteiger partial charge in [-0.15, -0.1) is 0 Å². The predicted octanol–water partition coefficient (Wildman–Crippen LogP) is 10.4. The van der Waals surface area contributed by atoms with E-state index in [1.807, 2.05) is 0 Å². The van der Waals surface area contributed by atoms with E-state index in [1.54, 1.807) is 30.3 Å². The van der Waals surface area contributed by atoms with Gasteiger partial charge >= 0.3 is 44.9 Å². The number of halogens is 12. The summed E-state index contributed by atoms with van der Waals surface area (Å²) in [5, 5.41) is 0. The van der Waals surface area contributed by atoms with Crippen LogP contribution in [0.3, 0.4) is 0 Å². The second-order valence-corrected chi connectivity index (χ2v) is 16.2. The van der Waals surface area contributed by atoms with E-state index in [2.05, 4.69) is 0 Å². The molecule has 0 aliphatic carbocycles. The van der Waals surface area contributed by atoms with Gasteiger partial charge in [-0.25, -0.2) is 0 Å². The Morgan fingerprint density at radius 2 is 0.655 bits per heavy atom. The van der Waals surface area contributed by atoms with Crippen LogP contribution in [0.1, 0.15) is 22.3 Å². The van der Waals surface area contributed by atoms with Gasteiger partial charge in [0.2, 0.25) is 0 Å². The molecule has 0 heterocycles. The van der Waals surface area contributed by atoms with E-state index < -0.39 is 99.4 Å². The molecule has 21 heteroatoms. The first kappa shape index (κ1) is 41.3. The number of alkyl halides is 12. The average molecular weight is 848 g/mol. The molecule has 0 spiro atoms. The van der Waals surface area contributed by atoms with Crippen LogP contribution in [0.4, 0.5) is 52.7 Å². The molecule has 0 bridgehead atoms. The summed E-state index contributed by atoms with van der Waals surface area (Å²) in [5.74, 6) is -0.993. The van der Waals surface area contributed by atoms with Gasteiger partial charge in [-0.3, -0.25) is 0 Å². The highest BCUT2D eigenvalue weighted by Crippen LogP contribution is 2.40. The van der Waals surface area contributed by atoms with Crippen molar-refractivity contribution in [2.24, 2.45) is 0 Å². The van der Waals surface area contributed by atoms with Crippen molar-refractivity contribution < 1.29 is 77.9 Å². The quantitative estimate of drug-likeness (QED) is 0.0834. The van der Waals surface area contributed by atoms with E-state index in [9.17, 15) is 69.5 Å². The summed E-state index contributed by atoms with van der Waals surface area (Å²) in [4.78, 5) is -1.39. The van der Waals surface area contributed by atoms with Crippen molar-refractivity contribution in [3.05, 3.63) is 138 Å². The van der Waals surface area contributed by atoms with Gasteiger partial charge < -0.3 is 8.37 Å². The molecule has 0 aliphatic rings. The first-order chi connectivity index (χ1) is 25.2. The minimum absolute atomic E-state index is 0.0101. The topological polar surface area (TPSA) is 86.7 Å². The zero-order chi connectivity index (χ0) is 40.8. The maximum Gasteiger partial charge on any atom is 0.416 e. The Morgan fingerprint density at radius 1 is 0.382 bits per heavy atom. The molecular weight excluding hydrogens is 829 g/mol. The molecule has 0 saturated carbocycles. The molecule has 5 aromatic rings. The van der Waals surface area contributed by atoms with E-state index in [0.29, 0.717) is 14.7 Å². The Bertz CT molecular complexity index is 2180. The second-order valence-electron chi connectivity index (χ2n) is 11.1. The fourth-order valence-electron chi connectivity index (χ4n) is 4.72. The average Bonchev–Trinajstić information content (AvgIpc) is 3.08. The Balaban J connectivity index is 1.44. The molecule has 6 nitrogen and oxygen atoms in total. The molecule has 5 rings (SSSR count). The van der Waals surface area contributed by atoms with Crippen molar-refractivity contribution in [3.8, 4) is 11.5 Å². The van der Waals surface area contributed by atoms with Crippen molar-refractivity contribution in [3.63, 3.8) is 0 Å². The van der Waals surface area contributed by atoms with Gasteiger partial charge in [0, 0.05) is 0 Å². The van der Waals surface area contributed by atoms with Gasteiger partial charge in [0.15, 0.2) is 14.7 Å². The maximum absolute atomic E-state index is 13.3. The van der Waals surface area contributed by atoms with Crippen LogP contribution < -0.4 is 8.37 Å². The molecule has 0 N–H and O–H groups in total. The van der Waals surface area contributed by atoms with Crippen molar-refractivity contribution in [1.29, 1.82) is 0 Å². The zero-order valence-corrected chi connectivity index (χ0v) is 29.1. The minimum atomic E-state index is -5.33. The molecule has 55 heavy (non-hydrogen) atoms. The first-order valence-electron chi connectivity index (χ1n) is 14.7. The normalized spacial score (nSPS) is 13.2. The molecule has 0 radical (unpaired) electrons. The summed E-state index contributed by atoms with van der Waals surface area (Å²) in [6, 6.07) is 17.4. The standard InChI is InChI=1S/C34H19F12O6S3/c35-31(36,37)20-14-21(32(38,39)40)17-29(16-20)54(47,48)51-24-6-10-27(11-7-24)53(26-4-2-1-3-5-26)28-12-8-25(9-13-28)52-55(49,50)30-18-22(33(41,42)43)15-23(19-30)34(44,45)46/h1-19H/q+1. The first-order valence-corrected chi connectivity index (χ1v) is 18.8. The van der Waals surface area contributed by atoms with Crippen molar-refractivity contribution >= 4 is 31.1 Å². The van der Waals surface area contributed by atoms with Gasteiger partial charge in [-0.2, -0.15) is 69.5 Å². The third-order valence-electron chi connectivity index (χ3n) is 7.21. The lowest BCUT2D eigenvalue weighted by Gasteiger charge is -2.15. The van der Waals surface area contributed by atoms with Gasteiger partial charge in [0.1, 0.15) is 21.3 Å². The number of hydrogen-bond acceptors (Lipinski definition) is 6. The fraction of sp³-hybridized carbons (Fsp3) is 0.118. The fourth-order valence-corrected chi connectivity index (χ4v) is 8.79. The van der Waals surface area contributed by atoms with Crippen LogP contribution in [-0.2, 0) is 55.8 Å². The van der Waals surface area contributed by atoms with E-state index in [4.69, 9.17) is 8.37 Å². The summed E-state index contributed by atoms with van der Waals surface area (Å²) in [6.07, 6.45) is -21.3. The van der Waals surface area contributed by atoms with Crippen LogP contribution >= 0.6 is 0 Å². The molecule has 0 fully saturated rings. The van der Waals surface area contributed by atoms with Crippen LogP contribution in [-0.4, -0.2) is 16.8 Å². The van der Waals surface area contributed by atoms with Crippen LogP contribution in [0.2, 0.25) is 0 Å². The molecule has 0 aliphatic heterocycles. The smallest absolute Gasteiger partial charge is 0.379 e. The summed E-state index contributed by atoms with van der Waals surface area (Å²) in [6.45, 7) is 0. The number of rotatable bonds is 9. The van der Waals surface area contributed by atoms with Crippen LogP contribution in [0.5, 0.6) is 11.5 Å². The molecule has 0 atom stereocenters. The van der Waals surface area contributed by atoms with Gasteiger partial charge in [-0.1, -0.05) is 18.2 Å². The molecular formula is C34H19F12O6S3+. The van der Waals surface area contributed by atoms with E-state index in [-0.39, 0.29) is 36.4 Å². The highest BCUT2D eigenvalue weighted by Gasteiger charge is 2.40. The van der Waals surface area contributed by atoms with Crippen molar-refractivity contribution in [2.45, 2.75) is 49.2 Å². The lowest BCUT2D eigenvalue weighted by molar-refractivity contribution is -0.145. The lowest BCUT2D eigenvalue weighted by atomic mass is 10.1. The second kappa shape index (κ2) is 14.6. The van der Waals surface area contributed by atoms with Gasteiger partial charge in [0.05, 0.1) is 33.1 Å². The number of benzene rings is 5.